The molecule has 2 aromatic rings. The number of nitrogens with zero attached hydrogens (tertiary/aromatic N) is 2. The summed E-state index contributed by atoms with van der Waals surface area (Å²) in [6.45, 7) is 1.99. The zero-order valence-corrected chi connectivity index (χ0v) is 12.3. The SMILES string of the molecule is CCCCc1nc2cc(C(F)(F)F)ccn2c(=O)c1Br. The third kappa shape index (κ3) is 2.87. The number of alkyl halides is 3. The first-order valence-corrected chi connectivity index (χ1v) is 6.92. The lowest BCUT2D eigenvalue weighted by molar-refractivity contribution is -0.137. The Morgan fingerprint density at radius 1 is 1.40 bits per heavy atom. The van der Waals surface area contributed by atoms with E-state index in [-0.39, 0.29) is 5.65 Å². The van der Waals surface area contributed by atoms with Gasteiger partial charge in [-0.1, -0.05) is 13.3 Å². The molecular formula is C13H12BrF3N2O. The van der Waals surface area contributed by atoms with Crippen molar-refractivity contribution >= 4 is 21.6 Å². The summed E-state index contributed by atoms with van der Waals surface area (Å²) in [5, 5.41) is 0. The lowest BCUT2D eigenvalue weighted by Crippen LogP contribution is -2.19. The minimum atomic E-state index is -4.45. The molecule has 0 amide bonds. The molecule has 7 heteroatoms. The molecule has 0 aliphatic carbocycles. The number of fused-ring (bicyclic) bond motifs is 1. The topological polar surface area (TPSA) is 34.4 Å². The van der Waals surface area contributed by atoms with E-state index >= 15 is 0 Å². The van der Waals surface area contributed by atoms with E-state index in [0.717, 1.165) is 35.6 Å². The van der Waals surface area contributed by atoms with E-state index in [2.05, 4.69) is 20.9 Å². The number of halogens is 4. The van der Waals surface area contributed by atoms with Gasteiger partial charge >= 0.3 is 6.18 Å². The molecule has 0 spiro atoms. The van der Waals surface area contributed by atoms with Crippen molar-refractivity contribution < 1.29 is 13.2 Å². The van der Waals surface area contributed by atoms with E-state index in [4.69, 9.17) is 0 Å². The van der Waals surface area contributed by atoms with Crippen LogP contribution in [0, 0.1) is 0 Å². The van der Waals surface area contributed by atoms with E-state index in [1.54, 1.807) is 0 Å². The Morgan fingerprint density at radius 2 is 2.10 bits per heavy atom. The second kappa shape index (κ2) is 5.55. The molecule has 108 valence electrons. The number of aromatic nitrogens is 2. The van der Waals surface area contributed by atoms with E-state index < -0.39 is 17.3 Å². The van der Waals surface area contributed by atoms with Crippen molar-refractivity contribution in [2.24, 2.45) is 0 Å². The van der Waals surface area contributed by atoms with Crippen molar-refractivity contribution in [3.63, 3.8) is 0 Å². The van der Waals surface area contributed by atoms with Crippen LogP contribution in [-0.4, -0.2) is 9.38 Å². The molecule has 20 heavy (non-hydrogen) atoms. The third-order valence-electron chi connectivity index (χ3n) is 2.94. The summed E-state index contributed by atoms with van der Waals surface area (Å²) in [5.74, 6) is 0. The summed E-state index contributed by atoms with van der Waals surface area (Å²) in [6.07, 6.45) is -1.06. The van der Waals surface area contributed by atoms with Crippen LogP contribution in [0.1, 0.15) is 31.0 Å². The quantitative estimate of drug-likeness (QED) is 0.844. The summed E-state index contributed by atoms with van der Waals surface area (Å²) < 4.78 is 39.4. The van der Waals surface area contributed by atoms with Crippen LogP contribution in [-0.2, 0) is 12.6 Å². The van der Waals surface area contributed by atoms with Crippen molar-refractivity contribution in [3.8, 4) is 0 Å². The minimum absolute atomic E-state index is 0.0131. The molecule has 0 unspecified atom stereocenters. The van der Waals surface area contributed by atoms with E-state index in [9.17, 15) is 18.0 Å². The Morgan fingerprint density at radius 3 is 2.70 bits per heavy atom. The smallest absolute Gasteiger partial charge is 0.268 e. The molecule has 0 N–H and O–H groups in total. The predicted octanol–water partition coefficient (Wildman–Crippen LogP) is 3.82. The van der Waals surface area contributed by atoms with Gasteiger partial charge in [-0.25, -0.2) is 4.98 Å². The Hall–Kier alpha value is -1.37. The van der Waals surface area contributed by atoms with Crippen LogP contribution in [0.2, 0.25) is 0 Å². The number of rotatable bonds is 3. The third-order valence-corrected chi connectivity index (χ3v) is 3.74. The first-order chi connectivity index (χ1) is 9.34. The maximum Gasteiger partial charge on any atom is 0.416 e. The standard InChI is InChI=1S/C13H12BrF3N2O/c1-2-3-4-9-11(14)12(20)19-6-5-8(13(15,16)17)7-10(19)18-9/h5-7H,2-4H2,1H3. The molecule has 0 aliphatic heterocycles. The Bertz CT molecular complexity index is 694. The van der Waals surface area contributed by atoms with Gasteiger partial charge in [0.05, 0.1) is 11.3 Å². The molecule has 0 aliphatic rings. The van der Waals surface area contributed by atoms with E-state index in [1.165, 1.54) is 0 Å². The number of aryl methyl sites for hydroxylation is 1. The van der Waals surface area contributed by atoms with Crippen LogP contribution < -0.4 is 5.56 Å². The van der Waals surface area contributed by atoms with Crippen molar-refractivity contribution in [3.05, 3.63) is 44.4 Å². The Kier molecular flexibility index (Phi) is 4.17. The molecule has 2 heterocycles. The highest BCUT2D eigenvalue weighted by atomic mass is 79.9. The molecular weight excluding hydrogens is 337 g/mol. The lowest BCUT2D eigenvalue weighted by atomic mass is 10.2. The summed E-state index contributed by atoms with van der Waals surface area (Å²) in [7, 11) is 0. The molecule has 2 rings (SSSR count). The van der Waals surface area contributed by atoms with Crippen LogP contribution in [0.3, 0.4) is 0 Å². The minimum Gasteiger partial charge on any atom is -0.268 e. The molecule has 0 saturated carbocycles. The molecule has 0 atom stereocenters. The predicted molar refractivity (Wildman–Crippen MR) is 72.8 cm³/mol. The van der Waals surface area contributed by atoms with Gasteiger partial charge in [0.15, 0.2) is 0 Å². The average Bonchev–Trinajstić information content (AvgIpc) is 2.39. The first kappa shape index (κ1) is 15.0. The largest absolute Gasteiger partial charge is 0.416 e. The molecule has 0 fully saturated rings. The maximum absolute atomic E-state index is 12.7. The molecule has 3 nitrogen and oxygen atoms in total. The highest BCUT2D eigenvalue weighted by Crippen LogP contribution is 2.29. The Labute approximate surface area is 121 Å². The second-order valence-electron chi connectivity index (χ2n) is 4.42. The van der Waals surface area contributed by atoms with Gasteiger partial charge in [-0.2, -0.15) is 13.2 Å². The van der Waals surface area contributed by atoms with Gasteiger partial charge in [0.25, 0.3) is 5.56 Å². The fourth-order valence-corrected chi connectivity index (χ4v) is 2.33. The average molecular weight is 349 g/mol. The van der Waals surface area contributed by atoms with E-state index in [0.29, 0.717) is 16.6 Å². The first-order valence-electron chi connectivity index (χ1n) is 6.12. The monoisotopic (exact) mass is 348 g/mol. The zero-order chi connectivity index (χ0) is 14.9. The van der Waals surface area contributed by atoms with Gasteiger partial charge in [-0.05, 0) is 40.9 Å². The summed E-state index contributed by atoms with van der Waals surface area (Å²) in [5.41, 5.74) is -0.696. The molecule has 0 bridgehead atoms. The van der Waals surface area contributed by atoms with Crippen LogP contribution in [0.5, 0.6) is 0 Å². The van der Waals surface area contributed by atoms with Crippen LogP contribution in [0.4, 0.5) is 13.2 Å². The van der Waals surface area contributed by atoms with Gasteiger partial charge in [0.1, 0.15) is 10.1 Å². The van der Waals surface area contributed by atoms with E-state index in [1.807, 2.05) is 6.92 Å². The second-order valence-corrected chi connectivity index (χ2v) is 5.22. The van der Waals surface area contributed by atoms with Crippen LogP contribution in [0.25, 0.3) is 5.65 Å². The molecule has 0 radical (unpaired) electrons. The summed E-state index contributed by atoms with van der Waals surface area (Å²) in [4.78, 5) is 16.2. The molecule has 0 saturated heterocycles. The van der Waals surface area contributed by atoms with Gasteiger partial charge in [-0.3, -0.25) is 9.20 Å². The number of hydrogen-bond donors (Lipinski definition) is 0. The normalized spacial score (nSPS) is 12.1. The van der Waals surface area contributed by atoms with Crippen molar-refractivity contribution in [2.75, 3.05) is 0 Å². The fraction of sp³-hybridized carbons (Fsp3) is 0.385. The number of pyridine rings is 1. The van der Waals surface area contributed by atoms with Crippen molar-refractivity contribution in [1.29, 1.82) is 0 Å². The molecule has 0 aromatic carbocycles. The highest BCUT2D eigenvalue weighted by Gasteiger charge is 2.31. The summed E-state index contributed by atoms with van der Waals surface area (Å²) in [6, 6.07) is 1.76. The number of unbranched alkanes of at least 4 members (excludes halogenated alkanes) is 1. The lowest BCUT2D eigenvalue weighted by Gasteiger charge is -2.10. The van der Waals surface area contributed by atoms with Crippen molar-refractivity contribution in [2.45, 2.75) is 32.4 Å². The van der Waals surface area contributed by atoms with Gasteiger partial charge in [0, 0.05) is 6.20 Å². The summed E-state index contributed by atoms with van der Waals surface area (Å²) >= 11 is 3.17. The Balaban J connectivity index is 2.63. The van der Waals surface area contributed by atoms with Crippen LogP contribution >= 0.6 is 15.9 Å². The maximum atomic E-state index is 12.7. The van der Waals surface area contributed by atoms with Gasteiger partial charge < -0.3 is 0 Å². The van der Waals surface area contributed by atoms with Crippen LogP contribution in [0.15, 0.2) is 27.6 Å². The molecule has 2 aromatic heterocycles. The van der Waals surface area contributed by atoms with Gasteiger partial charge in [-0.15, -0.1) is 0 Å². The zero-order valence-electron chi connectivity index (χ0n) is 10.7. The van der Waals surface area contributed by atoms with Gasteiger partial charge in [0.2, 0.25) is 0 Å². The fourth-order valence-electron chi connectivity index (χ4n) is 1.85. The highest BCUT2D eigenvalue weighted by molar-refractivity contribution is 9.10. The number of hydrogen-bond acceptors (Lipinski definition) is 2. The van der Waals surface area contributed by atoms with Crippen molar-refractivity contribution in [1.82, 2.24) is 9.38 Å².